The van der Waals surface area contributed by atoms with E-state index in [1.165, 1.54) is 12.8 Å². The number of nitrogens with one attached hydrogen (secondary N) is 1. The van der Waals surface area contributed by atoms with Gasteiger partial charge in [0.15, 0.2) is 0 Å². The highest BCUT2D eigenvalue weighted by Gasteiger charge is 2.27. The predicted molar refractivity (Wildman–Crippen MR) is 61.2 cm³/mol. The van der Waals surface area contributed by atoms with Gasteiger partial charge >= 0.3 is 0 Å². The molecule has 0 radical (unpaired) electrons. The molecule has 3 N–H and O–H groups in total. The van der Waals surface area contributed by atoms with Crippen molar-refractivity contribution in [1.82, 2.24) is 9.88 Å². The van der Waals surface area contributed by atoms with Crippen molar-refractivity contribution in [3.8, 4) is 0 Å². The number of nitrogens with two attached hydrogens (primary N) is 1. The second kappa shape index (κ2) is 4.59. The number of hydrogen-bond donors (Lipinski definition) is 2. The molecule has 0 amide bonds. The highest BCUT2D eigenvalue weighted by atomic mass is 15.3. The number of rotatable bonds is 5. The number of nitrogen functional groups attached to an aromatic ring is 1. The molecule has 0 aliphatic heterocycles. The highest BCUT2D eigenvalue weighted by molar-refractivity contribution is 5.33. The van der Waals surface area contributed by atoms with Gasteiger partial charge in [-0.05, 0) is 31.5 Å². The fourth-order valence-electron chi connectivity index (χ4n) is 1.79. The maximum atomic E-state index is 5.33. The van der Waals surface area contributed by atoms with Crippen LogP contribution in [0.2, 0.25) is 0 Å². The van der Waals surface area contributed by atoms with Gasteiger partial charge in [-0.25, -0.2) is 10.8 Å². The van der Waals surface area contributed by atoms with E-state index in [-0.39, 0.29) is 0 Å². The van der Waals surface area contributed by atoms with Crippen LogP contribution in [0.3, 0.4) is 0 Å². The van der Waals surface area contributed by atoms with Gasteiger partial charge in [0.05, 0.1) is 5.69 Å². The number of hydrazine groups is 1. The van der Waals surface area contributed by atoms with Crippen molar-refractivity contribution in [3.63, 3.8) is 0 Å². The topological polar surface area (TPSA) is 54.2 Å². The van der Waals surface area contributed by atoms with Crippen LogP contribution in [0.1, 0.15) is 25.5 Å². The summed E-state index contributed by atoms with van der Waals surface area (Å²) in [6, 6.07) is 6.69. The fraction of sp³-hybridized carbons (Fsp3) is 0.545. The van der Waals surface area contributed by atoms with Crippen LogP contribution in [0.5, 0.6) is 0 Å². The molecule has 0 spiro atoms. The van der Waals surface area contributed by atoms with E-state index >= 15 is 0 Å². The first kappa shape index (κ1) is 10.4. The Labute approximate surface area is 90.5 Å². The molecule has 0 saturated heterocycles. The Morgan fingerprint density at radius 2 is 2.33 bits per heavy atom. The molecule has 4 nitrogen and oxygen atoms in total. The molecule has 1 aromatic heterocycles. The number of nitrogens with zero attached hydrogens (tertiary/aromatic N) is 2. The van der Waals surface area contributed by atoms with Crippen molar-refractivity contribution in [1.29, 1.82) is 0 Å². The van der Waals surface area contributed by atoms with Crippen molar-refractivity contribution in [2.45, 2.75) is 32.4 Å². The summed E-state index contributed by atoms with van der Waals surface area (Å²) in [4.78, 5) is 6.87. The van der Waals surface area contributed by atoms with Crippen LogP contribution in [-0.4, -0.2) is 22.5 Å². The lowest BCUT2D eigenvalue weighted by Gasteiger charge is -2.19. The summed E-state index contributed by atoms with van der Waals surface area (Å²) in [6.45, 7) is 4.21. The van der Waals surface area contributed by atoms with E-state index in [0.29, 0.717) is 0 Å². The van der Waals surface area contributed by atoms with Gasteiger partial charge in [0.1, 0.15) is 5.82 Å². The van der Waals surface area contributed by atoms with Gasteiger partial charge < -0.3 is 5.43 Å². The maximum absolute atomic E-state index is 5.33. The molecule has 0 bridgehead atoms. The minimum atomic E-state index is 0.736. The lowest BCUT2D eigenvalue weighted by molar-refractivity contribution is 0.266. The molecule has 2 rings (SSSR count). The number of pyridine rings is 1. The summed E-state index contributed by atoms with van der Waals surface area (Å²) in [7, 11) is 0. The molecule has 1 aliphatic rings. The first-order valence-corrected chi connectivity index (χ1v) is 5.50. The van der Waals surface area contributed by atoms with Crippen molar-refractivity contribution in [2.75, 3.05) is 12.0 Å². The maximum Gasteiger partial charge on any atom is 0.140 e. The van der Waals surface area contributed by atoms with Crippen LogP contribution in [0.15, 0.2) is 18.2 Å². The number of anilines is 1. The lowest BCUT2D eigenvalue weighted by Crippen LogP contribution is -2.25. The second-order valence-electron chi connectivity index (χ2n) is 3.95. The van der Waals surface area contributed by atoms with Crippen LogP contribution in [0.4, 0.5) is 5.82 Å². The molecule has 1 saturated carbocycles. The summed E-state index contributed by atoms with van der Waals surface area (Å²) in [5.74, 6) is 6.06. The standard InChI is InChI=1S/C11H18N4/c1-2-15(10-6-7-10)8-9-4-3-5-11(13-9)14-12/h3-5,10H,2,6-8,12H2,1H3,(H,13,14). The molecule has 0 unspecified atom stereocenters. The van der Waals surface area contributed by atoms with Gasteiger partial charge in [-0.3, -0.25) is 4.90 Å². The Balaban J connectivity index is 2.01. The van der Waals surface area contributed by atoms with E-state index in [1.54, 1.807) is 0 Å². The Morgan fingerprint density at radius 1 is 1.53 bits per heavy atom. The van der Waals surface area contributed by atoms with Gasteiger partial charge in [0.2, 0.25) is 0 Å². The predicted octanol–water partition coefficient (Wildman–Crippen LogP) is 1.35. The third kappa shape index (κ3) is 2.67. The molecule has 4 heteroatoms. The van der Waals surface area contributed by atoms with Gasteiger partial charge in [-0.1, -0.05) is 13.0 Å². The Kier molecular flexibility index (Phi) is 3.18. The van der Waals surface area contributed by atoms with E-state index < -0.39 is 0 Å². The van der Waals surface area contributed by atoms with Crippen molar-refractivity contribution in [3.05, 3.63) is 23.9 Å². The summed E-state index contributed by atoms with van der Waals surface area (Å²) in [6.07, 6.45) is 2.67. The zero-order chi connectivity index (χ0) is 10.7. The monoisotopic (exact) mass is 206 g/mol. The van der Waals surface area contributed by atoms with Gasteiger partial charge in [0.25, 0.3) is 0 Å². The first-order valence-electron chi connectivity index (χ1n) is 5.50. The van der Waals surface area contributed by atoms with E-state index in [0.717, 1.165) is 30.6 Å². The third-order valence-electron chi connectivity index (χ3n) is 2.79. The zero-order valence-corrected chi connectivity index (χ0v) is 9.11. The van der Waals surface area contributed by atoms with Crippen molar-refractivity contribution < 1.29 is 0 Å². The van der Waals surface area contributed by atoms with Gasteiger partial charge in [-0.2, -0.15) is 0 Å². The third-order valence-corrected chi connectivity index (χ3v) is 2.79. The summed E-state index contributed by atoms with van der Waals surface area (Å²) in [5.41, 5.74) is 3.66. The molecule has 1 fully saturated rings. The van der Waals surface area contributed by atoms with E-state index in [2.05, 4.69) is 22.2 Å². The first-order chi connectivity index (χ1) is 7.33. The highest BCUT2D eigenvalue weighted by Crippen LogP contribution is 2.27. The van der Waals surface area contributed by atoms with Crippen LogP contribution in [0.25, 0.3) is 0 Å². The summed E-state index contributed by atoms with van der Waals surface area (Å²) < 4.78 is 0. The second-order valence-corrected chi connectivity index (χ2v) is 3.95. The van der Waals surface area contributed by atoms with Crippen LogP contribution >= 0.6 is 0 Å². The smallest absolute Gasteiger partial charge is 0.140 e. The molecule has 82 valence electrons. The average molecular weight is 206 g/mol. The Bertz CT molecular complexity index is 322. The molecular formula is C11H18N4. The minimum absolute atomic E-state index is 0.736. The number of aromatic nitrogens is 1. The molecule has 1 heterocycles. The summed E-state index contributed by atoms with van der Waals surface area (Å²) in [5, 5.41) is 0. The van der Waals surface area contributed by atoms with E-state index in [1.807, 2.05) is 18.2 Å². The minimum Gasteiger partial charge on any atom is -0.308 e. The molecule has 0 atom stereocenters. The van der Waals surface area contributed by atoms with Crippen LogP contribution in [-0.2, 0) is 6.54 Å². The largest absolute Gasteiger partial charge is 0.308 e. The molecule has 1 aromatic rings. The number of hydrogen-bond acceptors (Lipinski definition) is 4. The fourth-order valence-corrected chi connectivity index (χ4v) is 1.79. The van der Waals surface area contributed by atoms with E-state index in [4.69, 9.17) is 5.84 Å². The van der Waals surface area contributed by atoms with E-state index in [9.17, 15) is 0 Å². The van der Waals surface area contributed by atoms with Gasteiger partial charge in [-0.15, -0.1) is 0 Å². The van der Waals surface area contributed by atoms with Crippen molar-refractivity contribution in [2.24, 2.45) is 5.84 Å². The molecule has 0 aromatic carbocycles. The van der Waals surface area contributed by atoms with Crippen molar-refractivity contribution >= 4 is 5.82 Å². The summed E-state index contributed by atoms with van der Waals surface area (Å²) >= 11 is 0. The zero-order valence-electron chi connectivity index (χ0n) is 9.11. The molecule has 1 aliphatic carbocycles. The molecular weight excluding hydrogens is 188 g/mol. The average Bonchev–Trinajstić information content (AvgIpc) is 3.10. The normalized spacial score (nSPS) is 15.7. The van der Waals surface area contributed by atoms with Crippen LogP contribution in [0, 0.1) is 0 Å². The SMILES string of the molecule is CCN(Cc1cccc(NN)n1)C1CC1. The molecule has 15 heavy (non-hydrogen) atoms. The Morgan fingerprint density at radius 3 is 2.93 bits per heavy atom. The quantitative estimate of drug-likeness (QED) is 0.564. The van der Waals surface area contributed by atoms with Crippen LogP contribution < -0.4 is 11.3 Å². The van der Waals surface area contributed by atoms with Gasteiger partial charge in [0, 0.05) is 12.6 Å². The Hall–Kier alpha value is -1.13. The lowest BCUT2D eigenvalue weighted by atomic mass is 10.3.